The summed E-state index contributed by atoms with van der Waals surface area (Å²) in [5.74, 6) is -0.481. The first-order chi connectivity index (χ1) is 14.8. The molecule has 178 valence electrons. The van der Waals surface area contributed by atoms with Gasteiger partial charge in [0.05, 0.1) is 6.33 Å². The molecule has 3 rings (SSSR count). The molecular weight excluding hydrogens is 449 g/mol. The van der Waals surface area contributed by atoms with Gasteiger partial charge in [0.2, 0.25) is 11.9 Å². The molecule has 1 amide bonds. The number of hydrogen-bond acceptors (Lipinski definition) is 6. The van der Waals surface area contributed by atoms with Crippen molar-refractivity contribution in [2.24, 2.45) is 5.92 Å². The number of nitrogens with zero attached hydrogens (tertiary/aromatic N) is 3. The molecule has 2 aromatic rings. The van der Waals surface area contributed by atoms with Gasteiger partial charge in [-0.05, 0) is 24.6 Å². The first-order valence-electron chi connectivity index (χ1n) is 11.0. The molecule has 3 heterocycles. The number of thioether (sulfide) groups is 1. The van der Waals surface area contributed by atoms with E-state index in [0.717, 1.165) is 0 Å². The first kappa shape index (κ1) is 24.9. The number of amides is 1. The Morgan fingerprint density at radius 1 is 1.41 bits per heavy atom. The maximum Gasteiger partial charge on any atom is 0.280 e. The quantitative estimate of drug-likeness (QED) is 0.588. The van der Waals surface area contributed by atoms with E-state index in [1.54, 1.807) is 18.4 Å². The highest BCUT2D eigenvalue weighted by Crippen LogP contribution is 2.50. The largest absolute Gasteiger partial charge is 0.408 e. The third-order valence-electron chi connectivity index (χ3n) is 6.38. The predicted octanol–water partition coefficient (Wildman–Crippen LogP) is 4.47. The average Bonchev–Trinajstić information content (AvgIpc) is 3.22. The van der Waals surface area contributed by atoms with Crippen LogP contribution in [-0.4, -0.2) is 51.3 Å². The summed E-state index contributed by atoms with van der Waals surface area (Å²) >= 11 is 1.49. The zero-order valence-corrected chi connectivity index (χ0v) is 21.8. The second-order valence-corrected chi connectivity index (χ2v) is 16.3. The molecule has 0 bridgehead atoms. The Balaban J connectivity index is 2.05. The van der Waals surface area contributed by atoms with Gasteiger partial charge in [0, 0.05) is 11.2 Å². The number of imidazole rings is 1. The molecule has 32 heavy (non-hydrogen) atoms. The van der Waals surface area contributed by atoms with Crippen LogP contribution in [0.2, 0.25) is 18.1 Å². The average molecular weight is 484 g/mol. The van der Waals surface area contributed by atoms with E-state index in [9.17, 15) is 9.59 Å². The van der Waals surface area contributed by atoms with Gasteiger partial charge in [0.15, 0.2) is 19.5 Å². The number of rotatable bonds is 6. The lowest BCUT2D eigenvalue weighted by atomic mass is 10.1. The first-order valence-corrected chi connectivity index (χ1v) is 14.9. The van der Waals surface area contributed by atoms with Gasteiger partial charge in [-0.15, -0.1) is 11.8 Å². The fourth-order valence-electron chi connectivity index (χ4n) is 3.32. The van der Waals surface area contributed by atoms with Crippen molar-refractivity contribution < 1.29 is 13.6 Å². The van der Waals surface area contributed by atoms with Crippen molar-refractivity contribution >= 4 is 43.1 Å². The van der Waals surface area contributed by atoms with E-state index < -0.39 is 31.5 Å². The minimum atomic E-state index is -2.26. The Morgan fingerprint density at radius 3 is 2.62 bits per heavy atom. The van der Waals surface area contributed by atoms with Crippen LogP contribution in [-0.2, 0) is 9.22 Å². The molecule has 0 unspecified atom stereocenters. The summed E-state index contributed by atoms with van der Waals surface area (Å²) in [6, 6.07) is 0. The van der Waals surface area contributed by atoms with Gasteiger partial charge in [-0.3, -0.25) is 24.5 Å². The molecule has 0 saturated carbocycles. The normalized spacial score (nSPS) is 24.4. The number of aromatic nitrogens is 4. The lowest BCUT2D eigenvalue weighted by molar-refractivity contribution is -0.118. The summed E-state index contributed by atoms with van der Waals surface area (Å²) in [6.07, 6.45) is 0.350. The number of aromatic amines is 1. The summed E-state index contributed by atoms with van der Waals surface area (Å²) in [5, 5.41) is 1.90. The number of carbonyl (C=O) groups excluding carboxylic acids is 1. The van der Waals surface area contributed by atoms with Crippen molar-refractivity contribution in [3.63, 3.8) is 0 Å². The Morgan fingerprint density at radius 2 is 2.06 bits per heavy atom. The summed E-state index contributed by atoms with van der Waals surface area (Å²) in [6.45, 7) is 16.0. The second-order valence-electron chi connectivity index (χ2n) is 10.1. The fraction of sp³-hybridized carbons (Fsp3) is 0.714. The topological polar surface area (TPSA) is 102 Å². The molecule has 0 aliphatic carbocycles. The minimum Gasteiger partial charge on any atom is -0.408 e. The van der Waals surface area contributed by atoms with Crippen molar-refractivity contribution in [2.75, 3.05) is 5.32 Å². The molecule has 0 radical (unpaired) electrons. The second kappa shape index (κ2) is 8.90. The number of H-pyrrole nitrogens is 1. The van der Waals surface area contributed by atoms with E-state index in [-0.39, 0.29) is 33.6 Å². The van der Waals surface area contributed by atoms with E-state index in [1.807, 2.05) is 6.92 Å². The predicted molar refractivity (Wildman–Crippen MR) is 129 cm³/mol. The summed E-state index contributed by atoms with van der Waals surface area (Å²) in [4.78, 5) is 35.9. The maximum atomic E-state index is 15.5. The van der Waals surface area contributed by atoms with E-state index in [4.69, 9.17) is 4.43 Å². The molecule has 2 aromatic heterocycles. The standard InChI is InChI=1S/C21H34FN5O3SSi/c1-9-12-13(22)15(30-32(7,8)21(4,5)6)19(31-12)27-10-23-14-16(27)24-20(26-18(14)29)25-17(28)11(2)3/h10-13,15,19H,9H2,1-8H3,(H2,24,25,26,28,29)/t12-,13+,15-,19-/m1/s1. The van der Waals surface area contributed by atoms with Crippen molar-refractivity contribution in [1.82, 2.24) is 19.5 Å². The van der Waals surface area contributed by atoms with Gasteiger partial charge in [-0.1, -0.05) is 41.5 Å². The smallest absolute Gasteiger partial charge is 0.280 e. The van der Waals surface area contributed by atoms with E-state index in [2.05, 4.69) is 54.1 Å². The molecular formula is C21H34FN5O3SSi. The Labute approximate surface area is 193 Å². The Hall–Kier alpha value is -1.72. The molecule has 1 aliphatic heterocycles. The highest BCUT2D eigenvalue weighted by Gasteiger charge is 2.50. The zero-order valence-electron chi connectivity index (χ0n) is 20.0. The number of hydrogen-bond donors (Lipinski definition) is 2. The van der Waals surface area contributed by atoms with Crippen LogP contribution in [0.1, 0.15) is 53.3 Å². The minimum absolute atomic E-state index is 0.0525. The van der Waals surface area contributed by atoms with E-state index >= 15 is 4.39 Å². The monoisotopic (exact) mass is 483 g/mol. The van der Waals surface area contributed by atoms with Crippen LogP contribution in [0.5, 0.6) is 0 Å². The van der Waals surface area contributed by atoms with E-state index in [0.29, 0.717) is 12.1 Å². The Bertz CT molecular complexity index is 1050. The lowest BCUT2D eigenvalue weighted by Crippen LogP contribution is -2.47. The number of anilines is 1. The summed E-state index contributed by atoms with van der Waals surface area (Å²) in [5.41, 5.74) is -0.00539. The van der Waals surface area contributed by atoms with Crippen molar-refractivity contribution in [2.45, 2.75) is 89.0 Å². The van der Waals surface area contributed by atoms with Crippen LogP contribution in [0.25, 0.3) is 11.2 Å². The van der Waals surface area contributed by atoms with Gasteiger partial charge < -0.3 is 4.43 Å². The lowest BCUT2D eigenvalue weighted by Gasteiger charge is -2.40. The molecule has 1 fully saturated rings. The van der Waals surface area contributed by atoms with Gasteiger partial charge in [-0.25, -0.2) is 9.37 Å². The summed E-state index contributed by atoms with van der Waals surface area (Å²) in [7, 11) is -2.26. The van der Waals surface area contributed by atoms with Crippen LogP contribution in [0, 0.1) is 5.92 Å². The third-order valence-corrected chi connectivity index (χ3v) is 12.6. The molecule has 0 aromatic carbocycles. The van der Waals surface area contributed by atoms with Crippen LogP contribution in [0.4, 0.5) is 10.3 Å². The number of alkyl halides is 1. The molecule has 1 saturated heterocycles. The molecule has 2 N–H and O–H groups in total. The van der Waals surface area contributed by atoms with Gasteiger partial charge in [-0.2, -0.15) is 4.98 Å². The molecule has 8 nitrogen and oxygen atoms in total. The zero-order chi connectivity index (χ0) is 24.0. The van der Waals surface area contributed by atoms with Gasteiger partial charge in [0.25, 0.3) is 5.56 Å². The summed E-state index contributed by atoms with van der Waals surface area (Å²) < 4.78 is 23.8. The highest BCUT2D eigenvalue weighted by molar-refractivity contribution is 8.00. The SMILES string of the molecule is CC[C@H]1S[C@@H](n2cnc3c(=O)[nH]c(NC(=O)C(C)C)nc32)[C@H](O[Si](C)(C)C(C)(C)C)[C@H]1F. The number of nitrogens with one attached hydrogen (secondary N) is 2. The van der Waals surface area contributed by atoms with E-state index in [1.165, 1.54) is 18.1 Å². The third kappa shape index (κ3) is 4.65. The van der Waals surface area contributed by atoms with Crippen LogP contribution in [0.3, 0.4) is 0 Å². The molecule has 0 spiro atoms. The number of carbonyl (C=O) groups is 1. The van der Waals surface area contributed by atoms with Crippen molar-refractivity contribution in [3.8, 4) is 0 Å². The maximum absolute atomic E-state index is 15.5. The van der Waals surface area contributed by atoms with Gasteiger partial charge >= 0.3 is 0 Å². The fourth-order valence-corrected chi connectivity index (χ4v) is 6.21. The Kier molecular flexibility index (Phi) is 6.93. The van der Waals surface area contributed by atoms with Crippen LogP contribution >= 0.6 is 11.8 Å². The molecule has 11 heteroatoms. The van der Waals surface area contributed by atoms with Crippen LogP contribution in [0.15, 0.2) is 11.1 Å². The molecule has 4 atom stereocenters. The number of halogens is 1. The van der Waals surface area contributed by atoms with Crippen LogP contribution < -0.4 is 10.9 Å². The number of fused-ring (bicyclic) bond motifs is 1. The highest BCUT2D eigenvalue weighted by atomic mass is 32.2. The molecule has 1 aliphatic rings. The van der Waals surface area contributed by atoms with Gasteiger partial charge in [0.1, 0.15) is 17.6 Å². The van der Waals surface area contributed by atoms with Crippen molar-refractivity contribution in [3.05, 3.63) is 16.7 Å². The van der Waals surface area contributed by atoms with Crippen molar-refractivity contribution in [1.29, 1.82) is 0 Å².